The topological polar surface area (TPSA) is 26.3 Å². The number of carbonyl (C=O) groups excluding carboxylic acids is 1. The number of esters is 1. The standard InChI is InChI=1S/C16H18O2/c1-16(15(17)18-2)13-9-8-12(10-13)14(16)11-6-4-3-5-7-11/h3-9,12-14H,10H2,1-2H3. The Morgan fingerprint density at radius 1 is 1.28 bits per heavy atom. The van der Waals surface area contributed by atoms with Gasteiger partial charge in [0.2, 0.25) is 0 Å². The quantitative estimate of drug-likeness (QED) is 0.588. The first-order valence-corrected chi connectivity index (χ1v) is 6.49. The van der Waals surface area contributed by atoms with E-state index in [1.165, 1.54) is 12.7 Å². The van der Waals surface area contributed by atoms with Crippen LogP contribution in [0.15, 0.2) is 42.5 Å². The highest BCUT2D eigenvalue weighted by Gasteiger charge is 2.58. The summed E-state index contributed by atoms with van der Waals surface area (Å²) in [5.74, 6) is 0.969. The van der Waals surface area contributed by atoms with Gasteiger partial charge in [0.1, 0.15) is 0 Å². The van der Waals surface area contributed by atoms with Gasteiger partial charge in [-0.3, -0.25) is 4.79 Å². The minimum Gasteiger partial charge on any atom is -0.469 e. The molecule has 2 bridgehead atoms. The second kappa shape index (κ2) is 3.98. The van der Waals surface area contributed by atoms with Crippen LogP contribution in [0.4, 0.5) is 0 Å². The van der Waals surface area contributed by atoms with Gasteiger partial charge in [-0.1, -0.05) is 42.5 Å². The highest BCUT2D eigenvalue weighted by Crippen LogP contribution is 2.60. The lowest BCUT2D eigenvalue weighted by Gasteiger charge is -2.36. The van der Waals surface area contributed by atoms with Gasteiger partial charge < -0.3 is 4.74 Å². The fraction of sp³-hybridized carbons (Fsp3) is 0.438. The second-order valence-electron chi connectivity index (χ2n) is 5.55. The molecule has 0 amide bonds. The molecule has 94 valence electrons. The molecule has 1 aromatic carbocycles. The van der Waals surface area contributed by atoms with Crippen LogP contribution >= 0.6 is 0 Å². The number of hydrogen-bond donors (Lipinski definition) is 0. The molecule has 2 aliphatic rings. The van der Waals surface area contributed by atoms with E-state index in [9.17, 15) is 4.79 Å². The Morgan fingerprint density at radius 2 is 2.00 bits per heavy atom. The molecule has 2 heteroatoms. The van der Waals surface area contributed by atoms with E-state index in [1.807, 2.05) is 18.2 Å². The highest BCUT2D eigenvalue weighted by atomic mass is 16.5. The zero-order chi connectivity index (χ0) is 12.8. The molecule has 0 spiro atoms. The summed E-state index contributed by atoms with van der Waals surface area (Å²) in [6.07, 6.45) is 5.54. The van der Waals surface area contributed by atoms with Crippen molar-refractivity contribution in [2.75, 3.05) is 7.11 Å². The Kier molecular flexibility index (Phi) is 2.54. The van der Waals surface area contributed by atoms with Gasteiger partial charge in [-0.2, -0.15) is 0 Å². The lowest BCUT2D eigenvalue weighted by Crippen LogP contribution is -2.38. The normalized spacial score (nSPS) is 36.9. The van der Waals surface area contributed by atoms with Crippen LogP contribution in [0.3, 0.4) is 0 Å². The van der Waals surface area contributed by atoms with Gasteiger partial charge in [0.25, 0.3) is 0 Å². The summed E-state index contributed by atoms with van der Waals surface area (Å²) in [4.78, 5) is 12.3. The van der Waals surface area contributed by atoms with Crippen molar-refractivity contribution >= 4 is 5.97 Å². The third-order valence-corrected chi connectivity index (χ3v) is 4.75. The maximum absolute atomic E-state index is 12.3. The lowest BCUT2D eigenvalue weighted by molar-refractivity contribution is -0.154. The van der Waals surface area contributed by atoms with Gasteiger partial charge in [-0.15, -0.1) is 0 Å². The molecular formula is C16H18O2. The molecule has 1 fully saturated rings. The number of fused-ring (bicyclic) bond motifs is 2. The predicted molar refractivity (Wildman–Crippen MR) is 70.0 cm³/mol. The zero-order valence-corrected chi connectivity index (χ0v) is 10.8. The van der Waals surface area contributed by atoms with Gasteiger partial charge in [0.15, 0.2) is 0 Å². The smallest absolute Gasteiger partial charge is 0.312 e. The number of carbonyl (C=O) groups is 1. The van der Waals surface area contributed by atoms with Crippen molar-refractivity contribution in [1.82, 2.24) is 0 Å². The largest absolute Gasteiger partial charge is 0.469 e. The van der Waals surface area contributed by atoms with Crippen LogP contribution < -0.4 is 0 Å². The number of methoxy groups -OCH3 is 1. The fourth-order valence-electron chi connectivity index (χ4n) is 3.85. The Hall–Kier alpha value is -1.57. The first kappa shape index (κ1) is 11.5. The predicted octanol–water partition coefficient (Wildman–Crippen LogP) is 3.16. The van der Waals surface area contributed by atoms with Crippen LogP contribution in [0.2, 0.25) is 0 Å². The van der Waals surface area contributed by atoms with Gasteiger partial charge >= 0.3 is 5.97 Å². The Bertz CT molecular complexity index is 491. The van der Waals surface area contributed by atoms with Gasteiger partial charge in [0.05, 0.1) is 12.5 Å². The summed E-state index contributed by atoms with van der Waals surface area (Å²) < 4.78 is 5.07. The van der Waals surface area contributed by atoms with E-state index in [-0.39, 0.29) is 11.9 Å². The first-order valence-electron chi connectivity index (χ1n) is 6.49. The molecule has 1 aromatic rings. The van der Waals surface area contributed by atoms with Crippen LogP contribution in [-0.4, -0.2) is 13.1 Å². The molecule has 4 atom stereocenters. The van der Waals surface area contributed by atoms with Crippen molar-refractivity contribution in [3.05, 3.63) is 48.0 Å². The molecule has 0 heterocycles. The Balaban J connectivity index is 2.07. The summed E-state index contributed by atoms with van der Waals surface area (Å²) in [5.41, 5.74) is 0.845. The Morgan fingerprint density at radius 3 is 2.67 bits per heavy atom. The van der Waals surface area contributed by atoms with E-state index in [4.69, 9.17) is 4.74 Å². The SMILES string of the molecule is COC(=O)C1(C)C2C=CC(C2)C1c1ccccc1. The summed E-state index contributed by atoms with van der Waals surface area (Å²) >= 11 is 0. The van der Waals surface area contributed by atoms with E-state index >= 15 is 0 Å². The lowest BCUT2D eigenvalue weighted by atomic mass is 9.67. The van der Waals surface area contributed by atoms with Crippen LogP contribution in [-0.2, 0) is 9.53 Å². The van der Waals surface area contributed by atoms with Crippen molar-refractivity contribution in [3.63, 3.8) is 0 Å². The molecule has 18 heavy (non-hydrogen) atoms. The van der Waals surface area contributed by atoms with E-state index in [1.54, 1.807) is 0 Å². The van der Waals surface area contributed by atoms with E-state index in [2.05, 4.69) is 31.2 Å². The van der Waals surface area contributed by atoms with Crippen LogP contribution in [0, 0.1) is 17.3 Å². The summed E-state index contributed by atoms with van der Waals surface area (Å²) in [6.45, 7) is 2.06. The third kappa shape index (κ3) is 1.38. The van der Waals surface area contributed by atoms with E-state index < -0.39 is 5.41 Å². The average molecular weight is 242 g/mol. The first-order chi connectivity index (χ1) is 8.67. The molecule has 0 saturated heterocycles. The monoisotopic (exact) mass is 242 g/mol. The van der Waals surface area contributed by atoms with Crippen molar-refractivity contribution in [2.24, 2.45) is 17.3 Å². The number of rotatable bonds is 2. The average Bonchev–Trinajstić information content (AvgIpc) is 2.98. The summed E-state index contributed by atoms with van der Waals surface area (Å²) in [5, 5.41) is 0. The molecule has 3 rings (SSSR count). The maximum atomic E-state index is 12.3. The minimum atomic E-state index is -0.407. The third-order valence-electron chi connectivity index (χ3n) is 4.75. The van der Waals surface area contributed by atoms with E-state index in [0.717, 1.165) is 6.42 Å². The van der Waals surface area contributed by atoms with Crippen molar-refractivity contribution < 1.29 is 9.53 Å². The van der Waals surface area contributed by atoms with Gasteiger partial charge in [-0.05, 0) is 30.7 Å². The fourth-order valence-corrected chi connectivity index (χ4v) is 3.85. The van der Waals surface area contributed by atoms with Crippen LogP contribution in [0.5, 0.6) is 0 Å². The Labute approximate surface area is 108 Å². The molecular weight excluding hydrogens is 224 g/mol. The summed E-state index contributed by atoms with van der Waals surface area (Å²) in [6, 6.07) is 10.4. The molecule has 4 unspecified atom stereocenters. The van der Waals surface area contributed by atoms with Crippen molar-refractivity contribution in [2.45, 2.75) is 19.3 Å². The van der Waals surface area contributed by atoms with E-state index in [0.29, 0.717) is 11.8 Å². The number of ether oxygens (including phenoxy) is 1. The maximum Gasteiger partial charge on any atom is 0.312 e. The second-order valence-corrected chi connectivity index (χ2v) is 5.55. The zero-order valence-electron chi connectivity index (χ0n) is 10.8. The van der Waals surface area contributed by atoms with Crippen molar-refractivity contribution in [1.29, 1.82) is 0 Å². The highest BCUT2D eigenvalue weighted by molar-refractivity contribution is 5.80. The number of allylic oxidation sites excluding steroid dienone is 2. The van der Waals surface area contributed by atoms with Crippen LogP contribution in [0.1, 0.15) is 24.8 Å². The van der Waals surface area contributed by atoms with Gasteiger partial charge in [0, 0.05) is 5.92 Å². The van der Waals surface area contributed by atoms with Crippen molar-refractivity contribution in [3.8, 4) is 0 Å². The molecule has 0 radical (unpaired) electrons. The molecule has 0 N–H and O–H groups in total. The minimum absolute atomic E-state index is 0.0757. The summed E-state index contributed by atoms with van der Waals surface area (Å²) in [7, 11) is 1.49. The number of benzene rings is 1. The number of hydrogen-bond acceptors (Lipinski definition) is 2. The molecule has 0 aliphatic heterocycles. The molecule has 1 saturated carbocycles. The molecule has 0 aromatic heterocycles. The molecule has 2 nitrogen and oxygen atoms in total. The van der Waals surface area contributed by atoms with Crippen LogP contribution in [0.25, 0.3) is 0 Å². The van der Waals surface area contributed by atoms with Gasteiger partial charge in [-0.25, -0.2) is 0 Å². The molecule has 2 aliphatic carbocycles.